The van der Waals surface area contributed by atoms with E-state index in [1.54, 1.807) is 12.4 Å². The van der Waals surface area contributed by atoms with Crippen molar-refractivity contribution < 1.29 is 9.59 Å². The number of amides is 2. The average molecular weight is 295 g/mol. The van der Waals surface area contributed by atoms with E-state index in [2.05, 4.69) is 15.6 Å². The Morgan fingerprint density at radius 3 is 2.68 bits per heavy atom. The van der Waals surface area contributed by atoms with Gasteiger partial charge in [-0.25, -0.2) is 0 Å². The number of hydrogen-bond acceptors (Lipinski definition) is 3. The molecule has 0 bridgehead atoms. The van der Waals surface area contributed by atoms with E-state index in [1.165, 1.54) is 0 Å². The summed E-state index contributed by atoms with van der Waals surface area (Å²) in [5, 5.41) is 5.59. The molecule has 1 fully saturated rings. The van der Waals surface area contributed by atoms with Gasteiger partial charge in [0.1, 0.15) is 6.04 Å². The molecule has 1 saturated heterocycles. The fourth-order valence-electron chi connectivity index (χ4n) is 2.51. The minimum absolute atomic E-state index is 0.0672. The SMILES string of the molecule is Cc1ccc(-c2ccncc2)cc1NC(=O)[C@H]1CCC(=O)N1. The highest BCUT2D eigenvalue weighted by molar-refractivity contribution is 5.99. The van der Waals surface area contributed by atoms with Crippen LogP contribution in [0.1, 0.15) is 18.4 Å². The number of carbonyl (C=O) groups is 2. The van der Waals surface area contributed by atoms with Crippen LogP contribution in [0.2, 0.25) is 0 Å². The highest BCUT2D eigenvalue weighted by Gasteiger charge is 2.27. The van der Waals surface area contributed by atoms with Gasteiger partial charge < -0.3 is 10.6 Å². The number of hydrogen-bond donors (Lipinski definition) is 2. The van der Waals surface area contributed by atoms with Crippen molar-refractivity contribution >= 4 is 17.5 Å². The minimum atomic E-state index is -0.434. The van der Waals surface area contributed by atoms with Crippen molar-refractivity contribution in [2.45, 2.75) is 25.8 Å². The molecule has 5 heteroatoms. The van der Waals surface area contributed by atoms with Crippen LogP contribution in [-0.4, -0.2) is 22.8 Å². The van der Waals surface area contributed by atoms with Crippen molar-refractivity contribution in [3.05, 3.63) is 48.3 Å². The van der Waals surface area contributed by atoms with Crippen molar-refractivity contribution in [1.29, 1.82) is 0 Å². The Morgan fingerprint density at radius 2 is 2.00 bits per heavy atom. The van der Waals surface area contributed by atoms with Gasteiger partial charge in [-0.3, -0.25) is 14.6 Å². The van der Waals surface area contributed by atoms with Gasteiger partial charge in [0.25, 0.3) is 0 Å². The molecule has 1 aliphatic rings. The molecule has 0 aliphatic carbocycles. The summed E-state index contributed by atoms with van der Waals surface area (Å²) in [6.45, 7) is 1.94. The first-order valence-corrected chi connectivity index (χ1v) is 7.25. The molecule has 5 nitrogen and oxygen atoms in total. The third-order valence-electron chi connectivity index (χ3n) is 3.82. The Labute approximate surface area is 128 Å². The standard InChI is InChI=1S/C17H17N3O2/c1-11-2-3-13(12-6-8-18-9-7-12)10-15(11)20-17(22)14-4-5-16(21)19-14/h2-3,6-10,14H,4-5H2,1H3,(H,19,21)(H,20,22)/t14-/m1/s1. The zero-order chi connectivity index (χ0) is 15.5. The molecular formula is C17H17N3O2. The van der Waals surface area contributed by atoms with Crippen LogP contribution in [0, 0.1) is 6.92 Å². The van der Waals surface area contributed by atoms with Crippen LogP contribution in [0.25, 0.3) is 11.1 Å². The normalized spacial score (nSPS) is 17.1. The van der Waals surface area contributed by atoms with Crippen molar-refractivity contribution in [2.75, 3.05) is 5.32 Å². The quantitative estimate of drug-likeness (QED) is 0.912. The summed E-state index contributed by atoms with van der Waals surface area (Å²) in [7, 11) is 0. The largest absolute Gasteiger partial charge is 0.344 e. The number of rotatable bonds is 3. The van der Waals surface area contributed by atoms with Gasteiger partial charge in [-0.1, -0.05) is 12.1 Å². The van der Waals surface area contributed by atoms with Crippen LogP contribution < -0.4 is 10.6 Å². The van der Waals surface area contributed by atoms with E-state index in [0.29, 0.717) is 12.8 Å². The van der Waals surface area contributed by atoms with E-state index in [9.17, 15) is 9.59 Å². The molecule has 1 atom stereocenters. The predicted molar refractivity (Wildman–Crippen MR) is 84.2 cm³/mol. The Kier molecular flexibility index (Phi) is 3.87. The molecule has 0 radical (unpaired) electrons. The lowest BCUT2D eigenvalue weighted by Crippen LogP contribution is -2.37. The van der Waals surface area contributed by atoms with Gasteiger partial charge in [0.2, 0.25) is 11.8 Å². The highest BCUT2D eigenvalue weighted by atomic mass is 16.2. The van der Waals surface area contributed by atoms with Crippen LogP contribution in [0.4, 0.5) is 5.69 Å². The Hall–Kier alpha value is -2.69. The van der Waals surface area contributed by atoms with Crippen LogP contribution >= 0.6 is 0 Å². The first-order chi connectivity index (χ1) is 10.6. The molecule has 0 spiro atoms. The van der Waals surface area contributed by atoms with Crippen molar-refractivity contribution in [3.63, 3.8) is 0 Å². The molecule has 2 heterocycles. The number of aryl methyl sites for hydroxylation is 1. The molecule has 2 amide bonds. The van der Waals surface area contributed by atoms with Gasteiger partial charge in [0.15, 0.2) is 0 Å². The van der Waals surface area contributed by atoms with E-state index in [-0.39, 0.29) is 11.8 Å². The maximum absolute atomic E-state index is 12.2. The van der Waals surface area contributed by atoms with Crippen LogP contribution in [0.15, 0.2) is 42.7 Å². The van der Waals surface area contributed by atoms with E-state index in [4.69, 9.17) is 0 Å². The number of nitrogens with one attached hydrogen (secondary N) is 2. The second-order valence-electron chi connectivity index (χ2n) is 5.41. The molecule has 22 heavy (non-hydrogen) atoms. The smallest absolute Gasteiger partial charge is 0.246 e. The van der Waals surface area contributed by atoms with Crippen LogP contribution in [0.5, 0.6) is 0 Å². The van der Waals surface area contributed by atoms with E-state index in [0.717, 1.165) is 22.4 Å². The van der Waals surface area contributed by atoms with Gasteiger partial charge >= 0.3 is 0 Å². The first-order valence-electron chi connectivity index (χ1n) is 7.25. The third-order valence-corrected chi connectivity index (χ3v) is 3.82. The summed E-state index contributed by atoms with van der Waals surface area (Å²) in [5.41, 5.74) is 3.80. The van der Waals surface area contributed by atoms with Crippen molar-refractivity contribution in [3.8, 4) is 11.1 Å². The fraction of sp³-hybridized carbons (Fsp3) is 0.235. The van der Waals surface area contributed by atoms with Crippen molar-refractivity contribution in [2.24, 2.45) is 0 Å². The van der Waals surface area contributed by atoms with Gasteiger partial charge in [0, 0.05) is 24.5 Å². The molecule has 112 valence electrons. The average Bonchev–Trinajstić information content (AvgIpc) is 2.97. The summed E-state index contributed by atoms with van der Waals surface area (Å²) in [4.78, 5) is 27.5. The lowest BCUT2D eigenvalue weighted by molar-refractivity contribution is -0.122. The Bertz CT molecular complexity index is 713. The molecule has 2 aromatic rings. The number of aromatic nitrogens is 1. The molecule has 3 rings (SSSR count). The van der Waals surface area contributed by atoms with E-state index < -0.39 is 6.04 Å². The second kappa shape index (κ2) is 5.97. The van der Waals surface area contributed by atoms with Crippen molar-refractivity contribution in [1.82, 2.24) is 10.3 Å². The zero-order valence-electron chi connectivity index (χ0n) is 12.3. The predicted octanol–water partition coefficient (Wildman–Crippen LogP) is 2.27. The summed E-state index contributed by atoms with van der Waals surface area (Å²) in [6, 6.07) is 9.34. The molecule has 2 N–H and O–H groups in total. The molecule has 1 aromatic carbocycles. The number of anilines is 1. The van der Waals surface area contributed by atoms with Gasteiger partial charge in [0.05, 0.1) is 0 Å². The van der Waals surface area contributed by atoms with E-state index >= 15 is 0 Å². The summed E-state index contributed by atoms with van der Waals surface area (Å²) in [6.07, 6.45) is 4.44. The Morgan fingerprint density at radius 1 is 1.23 bits per heavy atom. The highest BCUT2D eigenvalue weighted by Crippen LogP contribution is 2.25. The molecule has 0 unspecified atom stereocenters. The first kappa shape index (κ1) is 14.3. The molecule has 1 aliphatic heterocycles. The molecule has 0 saturated carbocycles. The Balaban J connectivity index is 1.81. The monoisotopic (exact) mass is 295 g/mol. The zero-order valence-corrected chi connectivity index (χ0v) is 12.3. The number of carbonyl (C=O) groups excluding carboxylic acids is 2. The van der Waals surface area contributed by atoms with Gasteiger partial charge in [-0.05, 0) is 48.2 Å². The summed E-state index contributed by atoms with van der Waals surface area (Å²) < 4.78 is 0. The second-order valence-corrected chi connectivity index (χ2v) is 5.41. The summed E-state index contributed by atoms with van der Waals surface area (Å²) >= 11 is 0. The number of pyridine rings is 1. The maximum atomic E-state index is 12.2. The molecule has 1 aromatic heterocycles. The van der Waals surface area contributed by atoms with Gasteiger partial charge in [-0.15, -0.1) is 0 Å². The fourth-order valence-corrected chi connectivity index (χ4v) is 2.51. The lowest BCUT2D eigenvalue weighted by Gasteiger charge is -2.14. The minimum Gasteiger partial charge on any atom is -0.344 e. The van der Waals surface area contributed by atoms with Crippen LogP contribution in [-0.2, 0) is 9.59 Å². The van der Waals surface area contributed by atoms with Crippen LogP contribution in [0.3, 0.4) is 0 Å². The number of benzene rings is 1. The maximum Gasteiger partial charge on any atom is 0.246 e. The summed E-state index contributed by atoms with van der Waals surface area (Å²) in [5.74, 6) is -0.233. The number of nitrogens with zero attached hydrogens (tertiary/aromatic N) is 1. The third kappa shape index (κ3) is 2.98. The molecular weight excluding hydrogens is 278 g/mol. The van der Waals surface area contributed by atoms with E-state index in [1.807, 2.05) is 37.3 Å². The lowest BCUT2D eigenvalue weighted by atomic mass is 10.0. The topological polar surface area (TPSA) is 71.1 Å². The van der Waals surface area contributed by atoms with Gasteiger partial charge in [-0.2, -0.15) is 0 Å².